The molecule has 1 heterocycles. The number of rotatable bonds is 1. The molecule has 0 spiro atoms. The van der Waals surface area contributed by atoms with Crippen LogP contribution in [0.4, 0.5) is 10.3 Å². The van der Waals surface area contributed by atoms with Gasteiger partial charge in [-0.15, -0.1) is 5.10 Å². The summed E-state index contributed by atoms with van der Waals surface area (Å²) < 4.78 is 15.2. The second-order valence-corrected chi connectivity index (χ2v) is 3.90. The fourth-order valence-electron chi connectivity index (χ4n) is 1.18. The van der Waals surface area contributed by atoms with Gasteiger partial charge in [-0.2, -0.15) is 4.98 Å². The zero-order chi connectivity index (χ0) is 11.0. The smallest absolute Gasteiger partial charge is 0.218 e. The fourth-order valence-corrected chi connectivity index (χ4v) is 1.60. The Morgan fingerprint density at radius 1 is 1.47 bits per heavy atom. The molecule has 6 heteroatoms. The van der Waals surface area contributed by atoms with Gasteiger partial charge in [-0.25, -0.2) is 9.07 Å². The highest BCUT2D eigenvalue weighted by atomic mass is 79.9. The van der Waals surface area contributed by atoms with E-state index in [0.717, 1.165) is 4.47 Å². The van der Waals surface area contributed by atoms with Gasteiger partial charge >= 0.3 is 0 Å². The Labute approximate surface area is 94.1 Å². The summed E-state index contributed by atoms with van der Waals surface area (Å²) in [5.41, 5.74) is 6.13. The van der Waals surface area contributed by atoms with Crippen molar-refractivity contribution in [2.75, 3.05) is 5.73 Å². The van der Waals surface area contributed by atoms with Gasteiger partial charge in [-0.3, -0.25) is 0 Å². The van der Waals surface area contributed by atoms with Gasteiger partial charge < -0.3 is 5.73 Å². The topological polar surface area (TPSA) is 56.7 Å². The van der Waals surface area contributed by atoms with Crippen molar-refractivity contribution in [1.29, 1.82) is 0 Å². The van der Waals surface area contributed by atoms with Crippen molar-refractivity contribution in [2.45, 2.75) is 0 Å². The zero-order valence-electron chi connectivity index (χ0n) is 7.91. The number of anilines is 1. The number of hydrogen-bond acceptors (Lipinski definition) is 3. The van der Waals surface area contributed by atoms with Gasteiger partial charge in [-0.1, -0.05) is 15.9 Å². The Bertz CT molecular complexity index is 489. The SMILES string of the molecule is Cn1nc(-c2cc(F)ccc2Br)nc1N. The monoisotopic (exact) mass is 270 g/mol. The predicted molar refractivity (Wildman–Crippen MR) is 58.5 cm³/mol. The van der Waals surface area contributed by atoms with Gasteiger partial charge in [0.1, 0.15) is 5.82 Å². The lowest BCUT2D eigenvalue weighted by Crippen LogP contribution is -1.97. The Morgan fingerprint density at radius 2 is 2.20 bits per heavy atom. The molecule has 78 valence electrons. The maximum Gasteiger partial charge on any atom is 0.218 e. The molecule has 0 bridgehead atoms. The number of aryl methyl sites for hydroxylation is 1. The van der Waals surface area contributed by atoms with Gasteiger partial charge in [0.2, 0.25) is 5.95 Å². The van der Waals surface area contributed by atoms with Crippen LogP contribution < -0.4 is 5.73 Å². The van der Waals surface area contributed by atoms with Crippen LogP contribution in [0, 0.1) is 5.82 Å². The highest BCUT2D eigenvalue weighted by molar-refractivity contribution is 9.10. The fraction of sp³-hybridized carbons (Fsp3) is 0.111. The molecule has 1 aromatic heterocycles. The third-order valence-electron chi connectivity index (χ3n) is 1.97. The molecule has 15 heavy (non-hydrogen) atoms. The maximum atomic E-state index is 13.0. The third kappa shape index (κ3) is 1.85. The van der Waals surface area contributed by atoms with Crippen LogP contribution in [0.15, 0.2) is 22.7 Å². The molecule has 0 aliphatic carbocycles. The average Bonchev–Trinajstić information content (AvgIpc) is 2.51. The predicted octanol–water partition coefficient (Wildman–Crippen LogP) is 1.97. The van der Waals surface area contributed by atoms with Crippen molar-refractivity contribution in [3.63, 3.8) is 0 Å². The van der Waals surface area contributed by atoms with Gasteiger partial charge in [0.15, 0.2) is 5.82 Å². The molecule has 0 atom stereocenters. The first-order valence-corrected chi connectivity index (χ1v) is 4.99. The second-order valence-electron chi connectivity index (χ2n) is 3.04. The van der Waals surface area contributed by atoms with Crippen molar-refractivity contribution >= 4 is 21.9 Å². The summed E-state index contributed by atoms with van der Waals surface area (Å²) in [6.45, 7) is 0. The van der Waals surface area contributed by atoms with Crippen LogP contribution in [0.2, 0.25) is 0 Å². The summed E-state index contributed by atoms with van der Waals surface area (Å²) in [4.78, 5) is 4.02. The highest BCUT2D eigenvalue weighted by Crippen LogP contribution is 2.26. The van der Waals surface area contributed by atoms with Crippen molar-refractivity contribution in [3.05, 3.63) is 28.5 Å². The van der Waals surface area contributed by atoms with Crippen molar-refractivity contribution in [1.82, 2.24) is 14.8 Å². The highest BCUT2D eigenvalue weighted by Gasteiger charge is 2.10. The summed E-state index contributed by atoms with van der Waals surface area (Å²) in [7, 11) is 1.68. The molecule has 1 aromatic carbocycles. The van der Waals surface area contributed by atoms with Crippen LogP contribution in [0.5, 0.6) is 0 Å². The molecular formula is C9H8BrFN4. The van der Waals surface area contributed by atoms with E-state index in [1.54, 1.807) is 13.1 Å². The summed E-state index contributed by atoms with van der Waals surface area (Å²) in [5, 5.41) is 4.07. The minimum atomic E-state index is -0.334. The first-order chi connectivity index (χ1) is 7.08. The van der Waals surface area contributed by atoms with E-state index in [4.69, 9.17) is 5.73 Å². The number of benzene rings is 1. The van der Waals surface area contributed by atoms with Gasteiger partial charge in [-0.05, 0) is 18.2 Å². The van der Waals surface area contributed by atoms with Crippen LogP contribution >= 0.6 is 15.9 Å². The summed E-state index contributed by atoms with van der Waals surface area (Å²) >= 11 is 3.30. The van der Waals surface area contributed by atoms with Gasteiger partial charge in [0.05, 0.1) is 0 Å². The molecule has 0 amide bonds. The van der Waals surface area contributed by atoms with E-state index < -0.39 is 0 Å². The molecule has 0 saturated heterocycles. The number of halogens is 2. The summed E-state index contributed by atoms with van der Waals surface area (Å²) in [5.74, 6) is 0.363. The number of nitrogen functional groups attached to an aromatic ring is 1. The minimum Gasteiger partial charge on any atom is -0.368 e. The Hall–Kier alpha value is -1.43. The van der Waals surface area contributed by atoms with E-state index in [0.29, 0.717) is 17.3 Å². The average molecular weight is 271 g/mol. The Morgan fingerprint density at radius 3 is 2.80 bits per heavy atom. The normalized spacial score (nSPS) is 10.6. The lowest BCUT2D eigenvalue weighted by Gasteiger charge is -1.98. The molecule has 4 nitrogen and oxygen atoms in total. The van der Waals surface area contributed by atoms with E-state index in [-0.39, 0.29) is 5.82 Å². The summed E-state index contributed by atoms with van der Waals surface area (Å²) in [6, 6.07) is 4.33. The molecule has 2 aromatic rings. The van der Waals surface area contributed by atoms with E-state index in [1.165, 1.54) is 16.8 Å². The van der Waals surface area contributed by atoms with E-state index in [2.05, 4.69) is 26.0 Å². The summed E-state index contributed by atoms with van der Waals surface area (Å²) in [6.07, 6.45) is 0. The number of nitrogens with zero attached hydrogens (tertiary/aromatic N) is 3. The van der Waals surface area contributed by atoms with Crippen molar-refractivity contribution < 1.29 is 4.39 Å². The first-order valence-electron chi connectivity index (χ1n) is 4.20. The van der Waals surface area contributed by atoms with Crippen LogP contribution in [-0.2, 0) is 7.05 Å². The molecule has 0 unspecified atom stereocenters. The molecule has 0 saturated carbocycles. The molecule has 0 aliphatic rings. The van der Waals surface area contributed by atoms with E-state index >= 15 is 0 Å². The minimum absolute atomic E-state index is 0.293. The van der Waals surface area contributed by atoms with Crippen LogP contribution in [0.25, 0.3) is 11.4 Å². The van der Waals surface area contributed by atoms with Crippen LogP contribution in [0.1, 0.15) is 0 Å². The van der Waals surface area contributed by atoms with Gasteiger partial charge in [0, 0.05) is 17.1 Å². The Kier molecular flexibility index (Phi) is 2.44. The van der Waals surface area contributed by atoms with Crippen molar-refractivity contribution in [3.8, 4) is 11.4 Å². The van der Waals surface area contributed by atoms with E-state index in [1.807, 2.05) is 0 Å². The maximum absolute atomic E-state index is 13.0. The number of hydrogen-bond donors (Lipinski definition) is 1. The van der Waals surface area contributed by atoms with Crippen molar-refractivity contribution in [2.24, 2.45) is 7.05 Å². The molecule has 0 radical (unpaired) electrons. The molecule has 0 aliphatic heterocycles. The zero-order valence-corrected chi connectivity index (χ0v) is 9.49. The van der Waals surface area contributed by atoms with E-state index in [9.17, 15) is 4.39 Å². The lowest BCUT2D eigenvalue weighted by atomic mass is 10.2. The van der Waals surface area contributed by atoms with Crippen LogP contribution in [-0.4, -0.2) is 14.8 Å². The molecule has 2 rings (SSSR count). The molecule has 2 N–H and O–H groups in total. The quantitative estimate of drug-likeness (QED) is 0.862. The largest absolute Gasteiger partial charge is 0.368 e. The number of aromatic nitrogens is 3. The standard InChI is InChI=1S/C9H8BrFN4/c1-15-9(12)13-8(14-15)6-4-5(11)2-3-7(6)10/h2-4H,1H3,(H2,12,13,14). The van der Waals surface area contributed by atoms with Gasteiger partial charge in [0.25, 0.3) is 0 Å². The first kappa shape index (κ1) is 10.1. The second kappa shape index (κ2) is 3.62. The molecular weight excluding hydrogens is 263 g/mol. The number of nitrogens with two attached hydrogens (primary N) is 1. The van der Waals surface area contributed by atoms with Crippen LogP contribution in [0.3, 0.4) is 0 Å². The lowest BCUT2D eigenvalue weighted by molar-refractivity contribution is 0.628. The molecule has 0 fully saturated rings. The Balaban J connectivity index is 2.58. The third-order valence-corrected chi connectivity index (χ3v) is 2.66.